The Morgan fingerprint density at radius 1 is 1.11 bits per heavy atom. The number of hydrogen-bond acceptors (Lipinski definition) is 2. The predicted molar refractivity (Wildman–Crippen MR) is 81.4 cm³/mol. The molecule has 98 valence electrons. The van der Waals surface area contributed by atoms with E-state index in [0.29, 0.717) is 6.04 Å². The lowest BCUT2D eigenvalue weighted by Gasteiger charge is -2.28. The summed E-state index contributed by atoms with van der Waals surface area (Å²) in [4.78, 5) is 2.45. The van der Waals surface area contributed by atoms with Gasteiger partial charge in [0.1, 0.15) is 0 Å². The van der Waals surface area contributed by atoms with Gasteiger partial charge in [-0.2, -0.15) is 0 Å². The average Bonchev–Trinajstić information content (AvgIpc) is 2.89. The summed E-state index contributed by atoms with van der Waals surface area (Å²) in [5.41, 5.74) is 10.9. The van der Waals surface area contributed by atoms with Gasteiger partial charge in [-0.05, 0) is 43.0 Å². The van der Waals surface area contributed by atoms with Gasteiger partial charge in [-0.15, -0.1) is 0 Å². The van der Waals surface area contributed by atoms with E-state index in [2.05, 4.69) is 60.4 Å². The smallest absolute Gasteiger partial charge is 0.0605 e. The molecule has 0 radical (unpaired) electrons. The molecule has 2 aromatic carbocycles. The summed E-state index contributed by atoms with van der Waals surface area (Å²) in [6, 6.07) is 17.6. The van der Waals surface area contributed by atoms with E-state index in [9.17, 15) is 0 Å². The number of rotatable bonds is 2. The van der Waals surface area contributed by atoms with Crippen LogP contribution < -0.4 is 10.6 Å². The van der Waals surface area contributed by atoms with E-state index in [1.165, 1.54) is 29.7 Å². The zero-order valence-electron chi connectivity index (χ0n) is 11.3. The fraction of sp³-hybridized carbons (Fsp3) is 0.294. The molecule has 0 aromatic heterocycles. The summed E-state index contributed by atoms with van der Waals surface area (Å²) in [5, 5.41) is 0. The van der Waals surface area contributed by atoms with E-state index < -0.39 is 0 Å². The molecule has 2 N–H and O–H groups in total. The summed E-state index contributed by atoms with van der Waals surface area (Å²) in [6.07, 6.45) is 2.43. The Morgan fingerprint density at radius 2 is 1.89 bits per heavy atom. The van der Waals surface area contributed by atoms with Gasteiger partial charge in [0.15, 0.2) is 0 Å². The van der Waals surface area contributed by atoms with E-state index in [0.717, 1.165) is 12.2 Å². The van der Waals surface area contributed by atoms with Crippen LogP contribution in [0.4, 0.5) is 11.4 Å². The summed E-state index contributed by atoms with van der Waals surface area (Å²) >= 11 is 0. The Bertz CT molecular complexity index is 563. The largest absolute Gasteiger partial charge is 0.397 e. The van der Waals surface area contributed by atoms with Gasteiger partial charge >= 0.3 is 0 Å². The molecule has 1 aliphatic heterocycles. The number of nitrogens with zero attached hydrogens (tertiary/aromatic N) is 1. The first-order valence-corrected chi connectivity index (χ1v) is 6.93. The van der Waals surface area contributed by atoms with Crippen molar-refractivity contribution in [1.29, 1.82) is 0 Å². The third kappa shape index (κ3) is 2.30. The Kier molecular flexibility index (Phi) is 3.16. The molecule has 1 fully saturated rings. The molecule has 1 saturated heterocycles. The molecule has 1 atom stereocenters. The second kappa shape index (κ2) is 4.96. The second-order valence-corrected chi connectivity index (χ2v) is 5.32. The van der Waals surface area contributed by atoms with Crippen LogP contribution in [0.25, 0.3) is 0 Å². The topological polar surface area (TPSA) is 29.3 Å². The minimum atomic E-state index is 0.464. The molecule has 0 aliphatic carbocycles. The third-order valence-corrected chi connectivity index (χ3v) is 3.93. The van der Waals surface area contributed by atoms with Crippen molar-refractivity contribution in [3.05, 3.63) is 59.7 Å². The maximum Gasteiger partial charge on any atom is 0.0605 e. The van der Waals surface area contributed by atoms with Crippen molar-refractivity contribution < 1.29 is 0 Å². The van der Waals surface area contributed by atoms with E-state index in [4.69, 9.17) is 5.73 Å². The van der Waals surface area contributed by atoms with Crippen LogP contribution in [0.2, 0.25) is 0 Å². The van der Waals surface area contributed by atoms with Crippen molar-refractivity contribution in [2.45, 2.75) is 25.8 Å². The zero-order chi connectivity index (χ0) is 13.2. The van der Waals surface area contributed by atoms with E-state index in [1.54, 1.807) is 0 Å². The number of nitrogens with two attached hydrogens (primary N) is 1. The minimum Gasteiger partial charge on any atom is -0.397 e. The quantitative estimate of drug-likeness (QED) is 0.821. The molecule has 2 nitrogen and oxygen atoms in total. The van der Waals surface area contributed by atoms with Crippen molar-refractivity contribution >= 4 is 11.4 Å². The van der Waals surface area contributed by atoms with Crippen LogP contribution in [0.1, 0.15) is 30.0 Å². The highest BCUT2D eigenvalue weighted by atomic mass is 15.2. The maximum absolute atomic E-state index is 6.20. The highest BCUT2D eigenvalue weighted by Gasteiger charge is 2.27. The van der Waals surface area contributed by atoms with Gasteiger partial charge in [-0.25, -0.2) is 0 Å². The lowest BCUT2D eigenvalue weighted by Crippen LogP contribution is -2.23. The number of aryl methyl sites for hydroxylation is 1. The van der Waals surface area contributed by atoms with Crippen molar-refractivity contribution in [1.82, 2.24) is 0 Å². The Hall–Kier alpha value is -1.96. The summed E-state index contributed by atoms with van der Waals surface area (Å²) in [7, 11) is 0. The number of benzene rings is 2. The number of hydrogen-bond donors (Lipinski definition) is 1. The van der Waals surface area contributed by atoms with Crippen LogP contribution in [0.5, 0.6) is 0 Å². The van der Waals surface area contributed by atoms with Crippen molar-refractivity contribution in [2.24, 2.45) is 0 Å². The molecule has 1 heterocycles. The van der Waals surface area contributed by atoms with E-state index in [-0.39, 0.29) is 0 Å². The first-order chi connectivity index (χ1) is 9.25. The van der Waals surface area contributed by atoms with Gasteiger partial charge in [-0.1, -0.05) is 36.4 Å². The molecule has 2 heteroatoms. The first kappa shape index (κ1) is 12.1. The van der Waals surface area contributed by atoms with Gasteiger partial charge in [0.05, 0.1) is 17.4 Å². The minimum absolute atomic E-state index is 0.464. The number of anilines is 2. The monoisotopic (exact) mass is 252 g/mol. The lowest BCUT2D eigenvalue weighted by molar-refractivity contribution is 0.720. The van der Waals surface area contributed by atoms with Crippen LogP contribution in [0.15, 0.2) is 48.5 Å². The van der Waals surface area contributed by atoms with Gasteiger partial charge in [0, 0.05) is 6.54 Å². The molecule has 3 rings (SSSR count). The average molecular weight is 252 g/mol. The zero-order valence-corrected chi connectivity index (χ0v) is 11.3. The molecule has 2 aromatic rings. The Balaban J connectivity index is 1.95. The normalized spacial score (nSPS) is 18.8. The van der Waals surface area contributed by atoms with Crippen LogP contribution in [-0.4, -0.2) is 6.54 Å². The van der Waals surface area contributed by atoms with Crippen molar-refractivity contribution in [2.75, 3.05) is 17.2 Å². The molecule has 0 saturated carbocycles. The highest BCUT2D eigenvalue weighted by molar-refractivity contribution is 5.69. The molecule has 0 amide bonds. The van der Waals surface area contributed by atoms with Crippen LogP contribution in [0.3, 0.4) is 0 Å². The molecular weight excluding hydrogens is 232 g/mol. The van der Waals surface area contributed by atoms with Crippen LogP contribution in [-0.2, 0) is 0 Å². The Morgan fingerprint density at radius 3 is 2.63 bits per heavy atom. The standard InChI is InChI=1S/C17H20N2/c1-13-9-10-17(15(18)12-13)19-11-5-8-16(19)14-6-3-2-4-7-14/h2-4,6-7,9-10,12,16H,5,8,11,18H2,1H3. The molecule has 0 spiro atoms. The SMILES string of the molecule is Cc1ccc(N2CCCC2c2ccccc2)c(N)c1. The van der Waals surface area contributed by atoms with Gasteiger partial charge in [0.25, 0.3) is 0 Å². The molecule has 1 unspecified atom stereocenters. The summed E-state index contributed by atoms with van der Waals surface area (Å²) in [5.74, 6) is 0. The summed E-state index contributed by atoms with van der Waals surface area (Å²) in [6.45, 7) is 3.17. The van der Waals surface area contributed by atoms with Gasteiger partial charge in [-0.3, -0.25) is 0 Å². The van der Waals surface area contributed by atoms with E-state index >= 15 is 0 Å². The maximum atomic E-state index is 6.20. The summed E-state index contributed by atoms with van der Waals surface area (Å²) < 4.78 is 0. The fourth-order valence-electron chi connectivity index (χ4n) is 3.01. The van der Waals surface area contributed by atoms with E-state index in [1.807, 2.05) is 0 Å². The van der Waals surface area contributed by atoms with Crippen molar-refractivity contribution in [3.8, 4) is 0 Å². The molecular formula is C17H20N2. The Labute approximate surface area is 114 Å². The highest BCUT2D eigenvalue weighted by Crippen LogP contribution is 2.38. The molecule has 19 heavy (non-hydrogen) atoms. The van der Waals surface area contributed by atoms with Crippen LogP contribution >= 0.6 is 0 Å². The number of nitrogen functional groups attached to an aromatic ring is 1. The first-order valence-electron chi connectivity index (χ1n) is 6.93. The molecule has 0 bridgehead atoms. The van der Waals surface area contributed by atoms with Gasteiger partial charge < -0.3 is 10.6 Å². The second-order valence-electron chi connectivity index (χ2n) is 5.32. The fourth-order valence-corrected chi connectivity index (χ4v) is 3.01. The molecule has 1 aliphatic rings. The van der Waals surface area contributed by atoms with Gasteiger partial charge in [0.2, 0.25) is 0 Å². The van der Waals surface area contributed by atoms with Crippen LogP contribution in [0, 0.1) is 6.92 Å². The lowest BCUT2D eigenvalue weighted by atomic mass is 10.0. The third-order valence-electron chi connectivity index (χ3n) is 3.93. The predicted octanol–water partition coefficient (Wildman–Crippen LogP) is 3.92. The van der Waals surface area contributed by atoms with Crippen molar-refractivity contribution in [3.63, 3.8) is 0 Å².